The average Bonchev–Trinajstić information content (AvgIpc) is 3.31. The molecule has 1 aromatic heterocycles. The lowest BCUT2D eigenvalue weighted by molar-refractivity contribution is 0.0953. The second kappa shape index (κ2) is 6.76. The van der Waals surface area contributed by atoms with Gasteiger partial charge < -0.3 is 11.1 Å². The molecule has 0 spiro atoms. The van der Waals surface area contributed by atoms with Crippen LogP contribution < -0.4 is 11.1 Å². The van der Waals surface area contributed by atoms with Crippen molar-refractivity contribution < 1.29 is 9.18 Å². The van der Waals surface area contributed by atoms with Gasteiger partial charge in [0.25, 0.3) is 5.91 Å². The molecule has 122 valence electrons. The van der Waals surface area contributed by atoms with Crippen LogP contribution in [0.15, 0.2) is 24.3 Å². The Balaban J connectivity index is 1.62. The third-order valence-corrected chi connectivity index (χ3v) is 5.20. The average molecular weight is 333 g/mol. The predicted octanol–water partition coefficient (Wildman–Crippen LogP) is 2.65. The van der Waals surface area contributed by atoms with Gasteiger partial charge in [0, 0.05) is 19.0 Å². The van der Waals surface area contributed by atoms with Gasteiger partial charge >= 0.3 is 0 Å². The monoisotopic (exact) mass is 333 g/mol. The van der Waals surface area contributed by atoms with Crippen LogP contribution in [0.5, 0.6) is 0 Å². The molecule has 1 fully saturated rings. The Kier molecular flexibility index (Phi) is 4.73. The van der Waals surface area contributed by atoms with Crippen molar-refractivity contribution in [3.63, 3.8) is 0 Å². The lowest BCUT2D eigenvalue weighted by Gasteiger charge is -2.10. The molecule has 23 heavy (non-hydrogen) atoms. The van der Waals surface area contributed by atoms with Gasteiger partial charge in [-0.1, -0.05) is 12.1 Å². The number of carbonyl (C=O) groups excluding carboxylic acids is 1. The van der Waals surface area contributed by atoms with Crippen molar-refractivity contribution >= 4 is 17.2 Å². The molecule has 1 unspecified atom stereocenters. The number of hydrogen-bond donors (Lipinski definition) is 2. The van der Waals surface area contributed by atoms with E-state index in [1.165, 1.54) is 36.3 Å². The molecule has 0 bridgehead atoms. The molecule has 2 aromatic rings. The SMILES string of the molecule is Cc1nc(Cc2ccc(F)cc2)sc1C(=O)NCC(N)C1CC1. The van der Waals surface area contributed by atoms with Gasteiger partial charge in [-0.05, 0) is 43.4 Å². The van der Waals surface area contributed by atoms with Crippen molar-refractivity contribution in [2.75, 3.05) is 6.54 Å². The van der Waals surface area contributed by atoms with E-state index in [2.05, 4.69) is 10.3 Å². The van der Waals surface area contributed by atoms with Crippen molar-refractivity contribution in [2.24, 2.45) is 11.7 Å². The number of halogens is 1. The van der Waals surface area contributed by atoms with Crippen LogP contribution in [-0.4, -0.2) is 23.5 Å². The van der Waals surface area contributed by atoms with Crippen LogP contribution in [0.2, 0.25) is 0 Å². The summed E-state index contributed by atoms with van der Waals surface area (Å²) in [5.74, 6) is 0.199. The zero-order valence-corrected chi connectivity index (χ0v) is 13.8. The first-order valence-corrected chi connectivity index (χ1v) is 8.59. The minimum absolute atomic E-state index is 0.0471. The molecule has 1 heterocycles. The van der Waals surface area contributed by atoms with E-state index in [-0.39, 0.29) is 17.8 Å². The topological polar surface area (TPSA) is 68.0 Å². The number of rotatable bonds is 6. The molecule has 4 nitrogen and oxygen atoms in total. The first-order valence-electron chi connectivity index (χ1n) is 7.77. The third kappa shape index (κ3) is 4.14. The number of aromatic nitrogens is 1. The molecule has 0 aliphatic heterocycles. The summed E-state index contributed by atoms with van der Waals surface area (Å²) in [7, 11) is 0. The smallest absolute Gasteiger partial charge is 0.263 e. The molecule has 1 aliphatic rings. The summed E-state index contributed by atoms with van der Waals surface area (Å²) >= 11 is 1.38. The fourth-order valence-corrected chi connectivity index (χ4v) is 3.51. The molecule has 6 heteroatoms. The van der Waals surface area contributed by atoms with Crippen molar-refractivity contribution in [1.82, 2.24) is 10.3 Å². The number of nitrogens with zero attached hydrogens (tertiary/aromatic N) is 1. The number of hydrogen-bond acceptors (Lipinski definition) is 4. The Bertz CT molecular complexity index is 694. The largest absolute Gasteiger partial charge is 0.350 e. The van der Waals surface area contributed by atoms with Crippen LogP contribution in [0.25, 0.3) is 0 Å². The lowest BCUT2D eigenvalue weighted by atomic mass is 10.1. The maximum Gasteiger partial charge on any atom is 0.263 e. The van der Waals surface area contributed by atoms with Gasteiger partial charge in [-0.2, -0.15) is 0 Å². The van der Waals surface area contributed by atoms with Crippen molar-refractivity contribution in [2.45, 2.75) is 32.2 Å². The summed E-state index contributed by atoms with van der Waals surface area (Å²) in [6, 6.07) is 6.39. The van der Waals surface area contributed by atoms with Gasteiger partial charge in [-0.15, -0.1) is 11.3 Å². The third-order valence-electron chi connectivity index (χ3n) is 4.04. The predicted molar refractivity (Wildman–Crippen MR) is 89.1 cm³/mol. The summed E-state index contributed by atoms with van der Waals surface area (Å²) in [6.07, 6.45) is 2.93. The Morgan fingerprint density at radius 3 is 2.78 bits per heavy atom. The normalized spacial score (nSPS) is 15.4. The molecule has 3 rings (SSSR count). The molecule has 1 aliphatic carbocycles. The maximum absolute atomic E-state index is 12.9. The Hall–Kier alpha value is -1.79. The fourth-order valence-electron chi connectivity index (χ4n) is 2.50. The number of carbonyl (C=O) groups is 1. The molecule has 1 aromatic carbocycles. The molecule has 0 saturated heterocycles. The van der Waals surface area contributed by atoms with E-state index in [1.54, 1.807) is 12.1 Å². The van der Waals surface area contributed by atoms with Crippen LogP contribution >= 0.6 is 11.3 Å². The molecule has 0 radical (unpaired) electrons. The summed E-state index contributed by atoms with van der Waals surface area (Å²) in [5, 5.41) is 3.75. The van der Waals surface area contributed by atoms with E-state index in [4.69, 9.17) is 5.73 Å². The van der Waals surface area contributed by atoms with Crippen LogP contribution in [0.1, 0.15) is 38.8 Å². The number of aryl methyl sites for hydroxylation is 1. The summed E-state index contributed by atoms with van der Waals surface area (Å²) in [6.45, 7) is 2.34. The highest BCUT2D eigenvalue weighted by Gasteiger charge is 2.28. The highest BCUT2D eigenvalue weighted by atomic mass is 32.1. The van der Waals surface area contributed by atoms with Crippen molar-refractivity contribution in [3.05, 3.63) is 51.2 Å². The molecule has 1 atom stereocenters. The zero-order valence-electron chi connectivity index (χ0n) is 13.0. The van der Waals surface area contributed by atoms with Gasteiger partial charge in [0.1, 0.15) is 10.7 Å². The van der Waals surface area contributed by atoms with Gasteiger partial charge in [0.05, 0.1) is 10.7 Å². The van der Waals surface area contributed by atoms with Crippen molar-refractivity contribution in [1.29, 1.82) is 0 Å². The quantitative estimate of drug-likeness (QED) is 0.854. The van der Waals surface area contributed by atoms with E-state index < -0.39 is 0 Å². The van der Waals surface area contributed by atoms with Crippen molar-refractivity contribution in [3.8, 4) is 0 Å². The molecule has 3 N–H and O–H groups in total. The molecular weight excluding hydrogens is 313 g/mol. The fraction of sp³-hybridized carbons (Fsp3) is 0.412. The Labute approximate surface area is 138 Å². The molecule has 1 amide bonds. The lowest BCUT2D eigenvalue weighted by Crippen LogP contribution is -2.38. The van der Waals surface area contributed by atoms with Gasteiger partial charge in [-0.3, -0.25) is 4.79 Å². The highest BCUT2D eigenvalue weighted by molar-refractivity contribution is 7.13. The first kappa shape index (κ1) is 16.1. The second-order valence-corrected chi connectivity index (χ2v) is 7.12. The Morgan fingerprint density at radius 1 is 1.43 bits per heavy atom. The minimum atomic E-state index is -0.254. The molecule has 1 saturated carbocycles. The number of nitrogens with one attached hydrogen (secondary N) is 1. The highest BCUT2D eigenvalue weighted by Crippen LogP contribution is 2.31. The van der Waals surface area contributed by atoms with E-state index in [1.807, 2.05) is 6.92 Å². The van der Waals surface area contributed by atoms with E-state index in [0.717, 1.165) is 16.3 Å². The van der Waals surface area contributed by atoms with Crippen LogP contribution in [-0.2, 0) is 6.42 Å². The van der Waals surface area contributed by atoms with Gasteiger partial charge in [0.2, 0.25) is 0 Å². The van der Waals surface area contributed by atoms with E-state index >= 15 is 0 Å². The van der Waals surface area contributed by atoms with Gasteiger partial charge in [-0.25, -0.2) is 9.37 Å². The van der Waals surface area contributed by atoms with E-state index in [0.29, 0.717) is 23.8 Å². The zero-order chi connectivity index (χ0) is 16.4. The summed E-state index contributed by atoms with van der Waals surface area (Å²) in [4.78, 5) is 17.4. The van der Waals surface area contributed by atoms with Crippen LogP contribution in [0, 0.1) is 18.7 Å². The summed E-state index contributed by atoms with van der Waals surface area (Å²) < 4.78 is 12.9. The first-order chi connectivity index (χ1) is 11.0. The number of amides is 1. The van der Waals surface area contributed by atoms with Crippen LogP contribution in [0.4, 0.5) is 4.39 Å². The minimum Gasteiger partial charge on any atom is -0.350 e. The number of nitrogens with two attached hydrogens (primary N) is 1. The summed E-state index contributed by atoms with van der Waals surface area (Å²) in [5.41, 5.74) is 7.71. The molecular formula is C17H20FN3OS. The standard InChI is InChI=1S/C17H20FN3OS/c1-10-16(17(22)20-9-14(19)12-4-5-12)23-15(21-10)8-11-2-6-13(18)7-3-11/h2-3,6-7,12,14H,4-5,8-9,19H2,1H3,(H,20,22). The van der Waals surface area contributed by atoms with Crippen LogP contribution in [0.3, 0.4) is 0 Å². The number of thiazole rings is 1. The maximum atomic E-state index is 12.9. The Morgan fingerprint density at radius 2 is 2.13 bits per heavy atom. The van der Waals surface area contributed by atoms with E-state index in [9.17, 15) is 9.18 Å². The second-order valence-electron chi connectivity index (χ2n) is 6.04. The van der Waals surface area contributed by atoms with Gasteiger partial charge in [0.15, 0.2) is 0 Å². The number of benzene rings is 1.